The van der Waals surface area contributed by atoms with E-state index in [1.165, 1.54) is 64.3 Å². The van der Waals surface area contributed by atoms with Crippen molar-refractivity contribution in [3.63, 3.8) is 0 Å². The van der Waals surface area contributed by atoms with Gasteiger partial charge in [-0.05, 0) is 92.7 Å². The van der Waals surface area contributed by atoms with Crippen molar-refractivity contribution in [2.24, 2.45) is 0 Å². The summed E-state index contributed by atoms with van der Waals surface area (Å²) in [5.41, 5.74) is 10.7. The van der Waals surface area contributed by atoms with Gasteiger partial charge in [-0.3, -0.25) is 0 Å². The number of thiophene rings is 1. The van der Waals surface area contributed by atoms with Crippen molar-refractivity contribution in [1.29, 1.82) is 0 Å². The van der Waals surface area contributed by atoms with Crippen LogP contribution in [0, 0.1) is 0 Å². The van der Waals surface area contributed by atoms with E-state index in [1.807, 2.05) is 11.3 Å². The lowest BCUT2D eigenvalue weighted by Gasteiger charge is -2.26. The lowest BCUT2D eigenvalue weighted by Crippen LogP contribution is -2.10. The van der Waals surface area contributed by atoms with E-state index in [4.69, 9.17) is 0 Å². The second-order valence-electron chi connectivity index (χ2n) is 12.2. The molecule has 9 rings (SSSR count). The zero-order chi connectivity index (χ0) is 31.9. The third kappa shape index (κ3) is 5.04. The average molecular weight is 630 g/mol. The van der Waals surface area contributed by atoms with Crippen LogP contribution in [0.3, 0.4) is 0 Å². The molecule has 0 radical (unpaired) electrons. The van der Waals surface area contributed by atoms with E-state index >= 15 is 0 Å². The highest BCUT2D eigenvalue weighted by Gasteiger charge is 2.16. The van der Waals surface area contributed by atoms with Crippen LogP contribution in [0.1, 0.15) is 0 Å². The standard InChI is InChI=1S/C46H31NS/c1-2-19-37(20-3-1)47(39-22-10-18-36(31-39)41-25-11-14-32-13-4-5-23-40(32)41)38-21-9-16-34(30-38)33-15-8-17-35(29-33)42-26-12-27-44-43-24-6-7-28-45(43)48-46(42)44/h1-31H. The number of anilines is 3. The maximum Gasteiger partial charge on any atom is 0.0467 e. The molecule has 1 heterocycles. The first-order valence-electron chi connectivity index (χ1n) is 16.3. The highest BCUT2D eigenvalue weighted by atomic mass is 32.1. The molecule has 226 valence electrons. The van der Waals surface area contributed by atoms with Gasteiger partial charge in [0.2, 0.25) is 0 Å². The van der Waals surface area contributed by atoms with Gasteiger partial charge in [-0.25, -0.2) is 0 Å². The fourth-order valence-corrected chi connectivity index (χ4v) is 8.22. The van der Waals surface area contributed by atoms with Crippen molar-refractivity contribution in [3.05, 3.63) is 188 Å². The van der Waals surface area contributed by atoms with E-state index < -0.39 is 0 Å². The Labute approximate surface area is 284 Å². The molecule has 48 heavy (non-hydrogen) atoms. The first kappa shape index (κ1) is 28.3. The van der Waals surface area contributed by atoms with E-state index in [0.29, 0.717) is 0 Å². The Bertz CT molecular complexity index is 2570. The number of benzene rings is 8. The zero-order valence-electron chi connectivity index (χ0n) is 26.3. The van der Waals surface area contributed by atoms with Crippen molar-refractivity contribution in [2.75, 3.05) is 4.90 Å². The minimum atomic E-state index is 1.12. The normalized spacial score (nSPS) is 11.3. The molecular formula is C46H31NS. The van der Waals surface area contributed by atoms with Gasteiger partial charge in [-0.2, -0.15) is 0 Å². The summed E-state index contributed by atoms with van der Waals surface area (Å²) in [6.45, 7) is 0. The zero-order valence-corrected chi connectivity index (χ0v) is 27.1. The molecule has 0 N–H and O–H groups in total. The number of nitrogens with zero attached hydrogens (tertiary/aromatic N) is 1. The van der Waals surface area contributed by atoms with Gasteiger partial charge < -0.3 is 4.90 Å². The highest BCUT2D eigenvalue weighted by molar-refractivity contribution is 7.26. The van der Waals surface area contributed by atoms with Gasteiger partial charge in [0.1, 0.15) is 0 Å². The SMILES string of the molecule is c1ccc(N(c2cccc(-c3cccc(-c4cccc5c4sc4ccccc45)c3)c2)c2cccc(-c3cccc4ccccc34)c2)cc1. The van der Waals surface area contributed by atoms with Gasteiger partial charge in [0.05, 0.1) is 0 Å². The Kier molecular flexibility index (Phi) is 7.07. The highest BCUT2D eigenvalue weighted by Crippen LogP contribution is 2.42. The van der Waals surface area contributed by atoms with Gasteiger partial charge in [0.15, 0.2) is 0 Å². The van der Waals surface area contributed by atoms with E-state index in [1.54, 1.807) is 0 Å². The quantitative estimate of drug-likeness (QED) is 0.177. The van der Waals surface area contributed by atoms with Gasteiger partial charge in [-0.1, -0.05) is 140 Å². The second-order valence-corrected chi connectivity index (χ2v) is 13.2. The molecule has 0 bridgehead atoms. The first-order chi connectivity index (χ1) is 23.8. The topological polar surface area (TPSA) is 3.24 Å². The summed E-state index contributed by atoms with van der Waals surface area (Å²) in [5, 5.41) is 5.16. The maximum atomic E-state index is 2.36. The van der Waals surface area contributed by atoms with Crippen LogP contribution >= 0.6 is 11.3 Å². The van der Waals surface area contributed by atoms with Crippen molar-refractivity contribution in [2.45, 2.75) is 0 Å². The second kappa shape index (κ2) is 12.0. The molecule has 2 heteroatoms. The molecule has 0 atom stereocenters. The smallest absolute Gasteiger partial charge is 0.0467 e. The Morgan fingerprint density at radius 1 is 0.333 bits per heavy atom. The first-order valence-corrected chi connectivity index (χ1v) is 17.2. The fourth-order valence-electron chi connectivity index (χ4n) is 6.98. The van der Waals surface area contributed by atoms with Gasteiger partial charge in [-0.15, -0.1) is 11.3 Å². The summed E-state index contributed by atoms with van der Waals surface area (Å²) in [6.07, 6.45) is 0. The van der Waals surface area contributed by atoms with Crippen molar-refractivity contribution < 1.29 is 0 Å². The van der Waals surface area contributed by atoms with Crippen LogP contribution in [0.4, 0.5) is 17.1 Å². The van der Waals surface area contributed by atoms with Crippen molar-refractivity contribution in [1.82, 2.24) is 0 Å². The molecule has 8 aromatic carbocycles. The molecule has 1 nitrogen and oxygen atoms in total. The molecule has 9 aromatic rings. The Morgan fingerprint density at radius 2 is 0.854 bits per heavy atom. The summed E-state index contributed by atoms with van der Waals surface area (Å²) in [4.78, 5) is 2.36. The summed E-state index contributed by atoms with van der Waals surface area (Å²) in [5.74, 6) is 0. The predicted octanol–water partition coefficient (Wildman–Crippen LogP) is 13.7. The van der Waals surface area contributed by atoms with Crippen LogP contribution in [-0.2, 0) is 0 Å². The van der Waals surface area contributed by atoms with Crippen LogP contribution in [0.5, 0.6) is 0 Å². The minimum absolute atomic E-state index is 1.12. The monoisotopic (exact) mass is 629 g/mol. The van der Waals surface area contributed by atoms with Crippen molar-refractivity contribution >= 4 is 59.3 Å². The van der Waals surface area contributed by atoms with Crippen LogP contribution < -0.4 is 4.90 Å². The molecule has 0 unspecified atom stereocenters. The number of rotatable bonds is 6. The Hall–Kier alpha value is -5.96. The summed E-state index contributed by atoms with van der Waals surface area (Å²) >= 11 is 1.88. The minimum Gasteiger partial charge on any atom is -0.310 e. The largest absolute Gasteiger partial charge is 0.310 e. The molecule has 0 fully saturated rings. The summed E-state index contributed by atoms with van der Waals surface area (Å²) in [7, 11) is 0. The van der Waals surface area contributed by atoms with Crippen molar-refractivity contribution in [3.8, 4) is 33.4 Å². The van der Waals surface area contributed by atoms with Gasteiger partial charge in [0.25, 0.3) is 0 Å². The lowest BCUT2D eigenvalue weighted by molar-refractivity contribution is 1.28. The maximum absolute atomic E-state index is 2.36. The number of fused-ring (bicyclic) bond motifs is 4. The third-order valence-corrected chi connectivity index (χ3v) is 10.5. The van der Waals surface area contributed by atoms with E-state index in [2.05, 4.69) is 193 Å². The van der Waals surface area contributed by atoms with Crippen LogP contribution in [0.25, 0.3) is 64.3 Å². The Morgan fingerprint density at radius 3 is 1.69 bits per heavy atom. The number of hydrogen-bond acceptors (Lipinski definition) is 2. The predicted molar refractivity (Wildman–Crippen MR) is 208 cm³/mol. The van der Waals surface area contributed by atoms with Gasteiger partial charge in [0, 0.05) is 37.2 Å². The van der Waals surface area contributed by atoms with E-state index in [0.717, 1.165) is 17.1 Å². The number of para-hydroxylation sites is 1. The van der Waals surface area contributed by atoms with E-state index in [-0.39, 0.29) is 0 Å². The third-order valence-electron chi connectivity index (χ3n) is 9.23. The fraction of sp³-hybridized carbons (Fsp3) is 0. The average Bonchev–Trinajstić information content (AvgIpc) is 3.55. The molecular weight excluding hydrogens is 599 g/mol. The molecule has 0 amide bonds. The lowest BCUT2D eigenvalue weighted by atomic mass is 9.97. The van der Waals surface area contributed by atoms with E-state index in [9.17, 15) is 0 Å². The molecule has 0 spiro atoms. The van der Waals surface area contributed by atoms with Gasteiger partial charge >= 0.3 is 0 Å². The van der Waals surface area contributed by atoms with Crippen LogP contribution in [-0.4, -0.2) is 0 Å². The molecule has 0 aliphatic carbocycles. The molecule has 1 aromatic heterocycles. The summed E-state index contributed by atoms with van der Waals surface area (Å²) in [6, 6.07) is 68.1. The number of hydrogen-bond donors (Lipinski definition) is 0. The van der Waals surface area contributed by atoms with Crippen LogP contribution in [0.15, 0.2) is 188 Å². The Balaban J connectivity index is 1.14. The molecule has 0 aliphatic heterocycles. The van der Waals surface area contributed by atoms with Crippen LogP contribution in [0.2, 0.25) is 0 Å². The summed E-state index contributed by atoms with van der Waals surface area (Å²) < 4.78 is 2.67. The molecule has 0 saturated carbocycles. The molecule has 0 aliphatic rings. The molecule has 0 saturated heterocycles.